The monoisotopic (exact) mass is 288 g/mol. The molecule has 0 saturated heterocycles. The van der Waals surface area contributed by atoms with E-state index >= 15 is 0 Å². The normalized spacial score (nSPS) is 14.1. The van der Waals surface area contributed by atoms with E-state index in [-0.39, 0.29) is 17.9 Å². The smallest absolute Gasteiger partial charge is 0.226 e. The van der Waals surface area contributed by atoms with Gasteiger partial charge in [-0.3, -0.25) is 4.79 Å². The van der Waals surface area contributed by atoms with E-state index in [9.17, 15) is 4.79 Å². The third kappa shape index (κ3) is 4.16. The first-order valence-corrected chi connectivity index (χ1v) is 6.52. The molecule has 0 heterocycles. The fraction of sp³-hybridized carbons (Fsp3) is 0.462. The number of rotatable bonds is 4. The second-order valence-corrected chi connectivity index (χ2v) is 5.49. The Morgan fingerprint density at radius 3 is 2.22 bits per heavy atom. The number of halogens is 2. The first kappa shape index (κ1) is 15.3. The fourth-order valence-corrected chi connectivity index (χ4v) is 2.20. The van der Waals surface area contributed by atoms with Crippen molar-refractivity contribution >= 4 is 29.1 Å². The van der Waals surface area contributed by atoms with Crippen LogP contribution in [0.25, 0.3) is 0 Å². The molecule has 2 unspecified atom stereocenters. The van der Waals surface area contributed by atoms with Gasteiger partial charge in [0.25, 0.3) is 0 Å². The number of nitrogens with zero attached hydrogens (tertiary/aromatic N) is 1. The Balaban J connectivity index is 2.75. The number of benzene rings is 1. The van der Waals surface area contributed by atoms with Crippen LogP contribution in [0, 0.1) is 5.92 Å². The molecule has 2 atom stereocenters. The molecule has 1 aromatic rings. The van der Waals surface area contributed by atoms with Crippen molar-refractivity contribution in [3.8, 4) is 0 Å². The molecule has 1 amide bonds. The molecule has 0 radical (unpaired) electrons. The lowest BCUT2D eigenvalue weighted by atomic mass is 10.0. The highest BCUT2D eigenvalue weighted by Crippen LogP contribution is 2.20. The molecule has 0 aliphatic heterocycles. The van der Waals surface area contributed by atoms with Gasteiger partial charge in [0.05, 0.1) is 5.92 Å². The Kier molecular flexibility index (Phi) is 5.45. The molecule has 1 aromatic carbocycles. The number of carbonyl (C=O) groups excluding carboxylic acids is 1. The molecular formula is C13H18Cl2N2O. The summed E-state index contributed by atoms with van der Waals surface area (Å²) in [5.41, 5.74) is 6.63. The summed E-state index contributed by atoms with van der Waals surface area (Å²) in [6.07, 6.45) is 0. The highest BCUT2D eigenvalue weighted by Gasteiger charge is 2.20. The summed E-state index contributed by atoms with van der Waals surface area (Å²) in [6, 6.07) is 5.10. The predicted molar refractivity (Wildman–Crippen MR) is 75.7 cm³/mol. The lowest BCUT2D eigenvalue weighted by Crippen LogP contribution is -2.39. The molecule has 0 fully saturated rings. The summed E-state index contributed by atoms with van der Waals surface area (Å²) in [5.74, 6) is -0.189. The number of carbonyl (C=O) groups is 1. The number of amides is 1. The number of nitrogens with two attached hydrogens (primary N) is 1. The Morgan fingerprint density at radius 1 is 1.28 bits per heavy atom. The van der Waals surface area contributed by atoms with Gasteiger partial charge in [-0.2, -0.15) is 0 Å². The summed E-state index contributed by atoms with van der Waals surface area (Å²) in [4.78, 5) is 13.7. The van der Waals surface area contributed by atoms with Gasteiger partial charge in [0.15, 0.2) is 0 Å². The maximum Gasteiger partial charge on any atom is 0.226 e. The van der Waals surface area contributed by atoms with Crippen LogP contribution in [0.4, 0.5) is 0 Å². The molecule has 0 aromatic heterocycles. The van der Waals surface area contributed by atoms with Crippen LogP contribution in [0.5, 0.6) is 0 Å². The van der Waals surface area contributed by atoms with E-state index in [2.05, 4.69) is 0 Å². The molecule has 1 rings (SSSR count). The zero-order chi connectivity index (χ0) is 13.9. The van der Waals surface area contributed by atoms with Gasteiger partial charge in [-0.1, -0.05) is 30.1 Å². The largest absolute Gasteiger partial charge is 0.341 e. The van der Waals surface area contributed by atoms with Crippen LogP contribution in [0.15, 0.2) is 18.2 Å². The second-order valence-electron chi connectivity index (χ2n) is 4.62. The van der Waals surface area contributed by atoms with E-state index in [1.807, 2.05) is 13.8 Å². The first-order chi connectivity index (χ1) is 8.31. The van der Waals surface area contributed by atoms with Crippen molar-refractivity contribution in [1.29, 1.82) is 0 Å². The van der Waals surface area contributed by atoms with Crippen molar-refractivity contribution in [3.05, 3.63) is 33.8 Å². The van der Waals surface area contributed by atoms with Crippen LogP contribution >= 0.6 is 23.2 Å². The van der Waals surface area contributed by atoms with Gasteiger partial charge in [0.1, 0.15) is 0 Å². The quantitative estimate of drug-likeness (QED) is 0.926. The first-order valence-electron chi connectivity index (χ1n) is 5.76. The molecule has 0 aliphatic carbocycles. The van der Waals surface area contributed by atoms with Crippen molar-refractivity contribution in [2.24, 2.45) is 11.7 Å². The minimum absolute atomic E-state index is 0.0149. The highest BCUT2D eigenvalue weighted by molar-refractivity contribution is 6.34. The maximum absolute atomic E-state index is 12.0. The SMILES string of the molecule is CC(N)C(C)C(=O)N(C)Cc1cc(Cl)cc(Cl)c1. The van der Waals surface area contributed by atoms with Crippen LogP contribution < -0.4 is 5.73 Å². The van der Waals surface area contributed by atoms with Crippen molar-refractivity contribution in [1.82, 2.24) is 4.90 Å². The average molecular weight is 289 g/mol. The molecule has 0 spiro atoms. The maximum atomic E-state index is 12.0. The summed E-state index contributed by atoms with van der Waals surface area (Å²) in [6.45, 7) is 4.12. The summed E-state index contributed by atoms with van der Waals surface area (Å²) < 4.78 is 0. The van der Waals surface area contributed by atoms with Gasteiger partial charge in [0, 0.05) is 29.7 Å². The summed E-state index contributed by atoms with van der Waals surface area (Å²) >= 11 is 11.8. The summed E-state index contributed by atoms with van der Waals surface area (Å²) in [5, 5.41) is 1.14. The van der Waals surface area contributed by atoms with Crippen LogP contribution in [0.1, 0.15) is 19.4 Å². The fourth-order valence-electron chi connectivity index (χ4n) is 1.63. The molecule has 100 valence electrons. The van der Waals surface area contributed by atoms with Gasteiger partial charge in [-0.15, -0.1) is 0 Å². The van der Waals surface area contributed by atoms with Gasteiger partial charge in [-0.05, 0) is 30.7 Å². The van der Waals surface area contributed by atoms with E-state index in [0.717, 1.165) is 5.56 Å². The topological polar surface area (TPSA) is 46.3 Å². The van der Waals surface area contributed by atoms with Crippen LogP contribution in [0.2, 0.25) is 10.0 Å². The molecular weight excluding hydrogens is 271 g/mol. The average Bonchev–Trinajstić information content (AvgIpc) is 2.25. The van der Waals surface area contributed by atoms with E-state index in [4.69, 9.17) is 28.9 Å². The predicted octanol–water partition coefficient (Wildman–Crippen LogP) is 2.94. The molecule has 0 bridgehead atoms. The van der Waals surface area contributed by atoms with Crippen molar-refractivity contribution in [2.75, 3.05) is 7.05 Å². The van der Waals surface area contributed by atoms with Crippen molar-refractivity contribution in [3.63, 3.8) is 0 Å². The Hall–Kier alpha value is -0.770. The lowest BCUT2D eigenvalue weighted by molar-refractivity contribution is -0.134. The van der Waals surface area contributed by atoms with Crippen LogP contribution in [-0.2, 0) is 11.3 Å². The lowest BCUT2D eigenvalue weighted by Gasteiger charge is -2.23. The van der Waals surface area contributed by atoms with Crippen molar-refractivity contribution in [2.45, 2.75) is 26.4 Å². The van der Waals surface area contributed by atoms with Crippen LogP contribution in [0.3, 0.4) is 0 Å². The molecule has 2 N–H and O–H groups in total. The molecule has 0 saturated carbocycles. The Bertz CT molecular complexity index is 415. The molecule has 18 heavy (non-hydrogen) atoms. The third-order valence-corrected chi connectivity index (χ3v) is 3.33. The van der Waals surface area contributed by atoms with Crippen LogP contribution in [-0.4, -0.2) is 23.9 Å². The van der Waals surface area contributed by atoms with E-state index in [1.54, 1.807) is 30.1 Å². The van der Waals surface area contributed by atoms with E-state index < -0.39 is 0 Å². The van der Waals surface area contributed by atoms with Gasteiger partial charge < -0.3 is 10.6 Å². The van der Waals surface area contributed by atoms with Gasteiger partial charge in [-0.25, -0.2) is 0 Å². The number of hydrogen-bond acceptors (Lipinski definition) is 2. The van der Waals surface area contributed by atoms with Crippen molar-refractivity contribution < 1.29 is 4.79 Å². The Labute approximate surface area is 118 Å². The van der Waals surface area contributed by atoms with Gasteiger partial charge in [0.2, 0.25) is 5.91 Å². The molecule has 5 heteroatoms. The Morgan fingerprint density at radius 2 is 1.78 bits per heavy atom. The van der Waals surface area contributed by atoms with E-state index in [1.165, 1.54) is 0 Å². The minimum Gasteiger partial charge on any atom is -0.341 e. The summed E-state index contributed by atoms with van der Waals surface area (Å²) in [7, 11) is 1.75. The minimum atomic E-state index is -0.204. The standard InChI is InChI=1S/C13H18Cl2N2O/c1-8(9(2)16)13(18)17(3)7-10-4-11(14)6-12(15)5-10/h4-6,8-9H,7,16H2,1-3H3. The van der Waals surface area contributed by atoms with Gasteiger partial charge >= 0.3 is 0 Å². The molecule has 3 nitrogen and oxygen atoms in total. The number of hydrogen-bond donors (Lipinski definition) is 1. The zero-order valence-electron chi connectivity index (χ0n) is 10.8. The second kappa shape index (κ2) is 6.41. The van der Waals surface area contributed by atoms with E-state index in [0.29, 0.717) is 16.6 Å². The highest BCUT2D eigenvalue weighted by atomic mass is 35.5. The molecule has 0 aliphatic rings. The zero-order valence-corrected chi connectivity index (χ0v) is 12.3. The third-order valence-electron chi connectivity index (χ3n) is 2.90.